The van der Waals surface area contributed by atoms with E-state index in [1.165, 1.54) is 12.1 Å². The number of nitro benzene ring substituents is 1. The highest BCUT2D eigenvalue weighted by Crippen LogP contribution is 2.38. The molecule has 0 aromatic heterocycles. The van der Waals surface area contributed by atoms with Gasteiger partial charge in [-0.1, -0.05) is 6.08 Å². The molecule has 26 heavy (non-hydrogen) atoms. The number of carbonyl (C=O) groups is 2. The quantitative estimate of drug-likeness (QED) is 0.367. The molecule has 138 valence electrons. The van der Waals surface area contributed by atoms with Gasteiger partial charge in [0.25, 0.3) is 5.69 Å². The Hall–Kier alpha value is -3.36. The number of nitro groups is 1. The SMILES string of the molecule is COC(=O)/C=C(/Nc1cc2c(cc1[N+](=O)[O-])OC(C)(C)C=C2)C(=O)OC. The number of hydrogen-bond acceptors (Lipinski definition) is 8. The summed E-state index contributed by atoms with van der Waals surface area (Å²) in [6.07, 6.45) is 4.41. The first-order valence-electron chi connectivity index (χ1n) is 7.52. The molecule has 0 bridgehead atoms. The van der Waals surface area contributed by atoms with E-state index < -0.39 is 22.5 Å². The van der Waals surface area contributed by atoms with Crippen LogP contribution in [0.5, 0.6) is 5.75 Å². The average molecular weight is 362 g/mol. The number of methoxy groups -OCH3 is 2. The van der Waals surface area contributed by atoms with Gasteiger partial charge in [-0.05, 0) is 26.0 Å². The summed E-state index contributed by atoms with van der Waals surface area (Å²) in [4.78, 5) is 34.1. The lowest BCUT2D eigenvalue weighted by atomic mass is 10.0. The van der Waals surface area contributed by atoms with Crippen LogP contribution in [-0.2, 0) is 19.1 Å². The van der Waals surface area contributed by atoms with Crippen LogP contribution in [0.1, 0.15) is 19.4 Å². The van der Waals surface area contributed by atoms with Crippen molar-refractivity contribution in [1.82, 2.24) is 0 Å². The molecule has 2 rings (SSSR count). The molecule has 1 aliphatic rings. The second-order valence-electron chi connectivity index (χ2n) is 5.90. The number of ether oxygens (including phenoxy) is 3. The van der Waals surface area contributed by atoms with E-state index in [2.05, 4.69) is 14.8 Å². The first-order valence-corrected chi connectivity index (χ1v) is 7.52. The molecule has 9 heteroatoms. The monoisotopic (exact) mass is 362 g/mol. The Kier molecular flexibility index (Phi) is 5.30. The number of anilines is 1. The summed E-state index contributed by atoms with van der Waals surface area (Å²) < 4.78 is 14.8. The van der Waals surface area contributed by atoms with Crippen molar-refractivity contribution in [2.24, 2.45) is 0 Å². The van der Waals surface area contributed by atoms with Crippen molar-refractivity contribution in [3.8, 4) is 5.75 Å². The van der Waals surface area contributed by atoms with Gasteiger partial charge in [-0.15, -0.1) is 0 Å². The summed E-state index contributed by atoms with van der Waals surface area (Å²) in [5.74, 6) is -1.36. The van der Waals surface area contributed by atoms with Crippen molar-refractivity contribution in [3.05, 3.63) is 45.7 Å². The van der Waals surface area contributed by atoms with Gasteiger partial charge in [0.15, 0.2) is 0 Å². The van der Waals surface area contributed by atoms with E-state index >= 15 is 0 Å². The number of rotatable bonds is 5. The minimum absolute atomic E-state index is 0.00209. The van der Waals surface area contributed by atoms with Gasteiger partial charge in [0, 0.05) is 5.56 Å². The van der Waals surface area contributed by atoms with Crippen molar-refractivity contribution >= 4 is 29.4 Å². The van der Waals surface area contributed by atoms with Gasteiger partial charge in [0.2, 0.25) is 0 Å². The van der Waals surface area contributed by atoms with Crippen LogP contribution < -0.4 is 10.1 Å². The summed E-state index contributed by atoms with van der Waals surface area (Å²) >= 11 is 0. The van der Waals surface area contributed by atoms with Crippen molar-refractivity contribution in [2.75, 3.05) is 19.5 Å². The lowest BCUT2D eigenvalue weighted by molar-refractivity contribution is -0.384. The van der Waals surface area contributed by atoms with Crippen molar-refractivity contribution in [3.63, 3.8) is 0 Å². The Bertz CT molecular complexity index is 825. The molecular formula is C17H18N2O7. The van der Waals surface area contributed by atoms with E-state index in [0.29, 0.717) is 11.3 Å². The maximum atomic E-state index is 11.9. The summed E-state index contributed by atoms with van der Waals surface area (Å²) in [7, 11) is 2.26. The van der Waals surface area contributed by atoms with Gasteiger partial charge in [-0.3, -0.25) is 10.1 Å². The molecule has 0 aliphatic carbocycles. The first kappa shape index (κ1) is 19.0. The Labute approximate surface area is 149 Å². The molecule has 0 amide bonds. The van der Waals surface area contributed by atoms with E-state index in [0.717, 1.165) is 20.3 Å². The summed E-state index contributed by atoms with van der Waals surface area (Å²) in [5.41, 5.74) is -0.641. The van der Waals surface area contributed by atoms with Gasteiger partial charge >= 0.3 is 11.9 Å². The zero-order valence-electron chi connectivity index (χ0n) is 14.7. The predicted octanol–water partition coefficient (Wildman–Crippen LogP) is 2.42. The molecule has 0 saturated carbocycles. The number of benzene rings is 1. The van der Waals surface area contributed by atoms with Crippen molar-refractivity contribution < 1.29 is 28.7 Å². The molecule has 0 fully saturated rings. The van der Waals surface area contributed by atoms with Crippen LogP contribution in [0.2, 0.25) is 0 Å². The number of carbonyl (C=O) groups excluding carboxylic acids is 2. The van der Waals surface area contributed by atoms with Crippen LogP contribution in [0, 0.1) is 10.1 Å². The normalized spacial score (nSPS) is 14.7. The lowest BCUT2D eigenvalue weighted by Crippen LogP contribution is -2.27. The van der Waals surface area contributed by atoms with Gasteiger partial charge in [0.05, 0.1) is 31.3 Å². The van der Waals surface area contributed by atoms with Gasteiger partial charge < -0.3 is 19.5 Å². The topological polar surface area (TPSA) is 117 Å². The largest absolute Gasteiger partial charge is 0.483 e. The van der Waals surface area contributed by atoms with Gasteiger partial charge in [-0.2, -0.15) is 0 Å². The van der Waals surface area contributed by atoms with E-state index in [1.807, 2.05) is 13.8 Å². The summed E-state index contributed by atoms with van der Waals surface area (Å²) in [6, 6.07) is 2.71. The molecule has 1 aromatic rings. The number of fused-ring (bicyclic) bond motifs is 1. The maximum absolute atomic E-state index is 11.9. The highest BCUT2D eigenvalue weighted by atomic mass is 16.6. The molecule has 9 nitrogen and oxygen atoms in total. The average Bonchev–Trinajstić information content (AvgIpc) is 2.59. The fourth-order valence-electron chi connectivity index (χ4n) is 2.24. The Morgan fingerprint density at radius 3 is 2.54 bits per heavy atom. The Morgan fingerprint density at radius 1 is 1.27 bits per heavy atom. The number of hydrogen-bond donors (Lipinski definition) is 1. The standard InChI is InChI=1S/C17H18N2O7/c1-17(2)6-5-10-7-11(13(19(22)23)9-14(10)26-17)18-12(16(21)25-4)8-15(20)24-3/h5-9,18H,1-4H3/b12-8+. The van der Waals surface area contributed by atoms with Crippen LogP contribution in [0.4, 0.5) is 11.4 Å². The Balaban J connectivity index is 2.51. The lowest BCUT2D eigenvalue weighted by Gasteiger charge is -2.28. The van der Waals surface area contributed by atoms with Crippen molar-refractivity contribution in [2.45, 2.75) is 19.4 Å². The molecular weight excluding hydrogens is 344 g/mol. The van der Waals surface area contributed by atoms with Crippen LogP contribution >= 0.6 is 0 Å². The van der Waals surface area contributed by atoms with E-state index in [4.69, 9.17) is 4.74 Å². The fraction of sp³-hybridized carbons (Fsp3) is 0.294. The molecule has 0 saturated heterocycles. The highest BCUT2D eigenvalue weighted by Gasteiger charge is 2.27. The molecule has 1 heterocycles. The number of nitrogens with one attached hydrogen (secondary N) is 1. The van der Waals surface area contributed by atoms with Crippen molar-refractivity contribution in [1.29, 1.82) is 0 Å². The summed E-state index contributed by atoms with van der Waals surface area (Å²) in [5, 5.41) is 14.0. The van der Waals surface area contributed by atoms with E-state index in [-0.39, 0.29) is 17.1 Å². The van der Waals surface area contributed by atoms with E-state index in [9.17, 15) is 19.7 Å². The molecule has 1 aliphatic heterocycles. The third-order valence-corrected chi connectivity index (χ3v) is 3.50. The molecule has 0 spiro atoms. The zero-order valence-corrected chi connectivity index (χ0v) is 14.7. The fourth-order valence-corrected chi connectivity index (χ4v) is 2.24. The smallest absolute Gasteiger partial charge is 0.354 e. The second-order valence-corrected chi connectivity index (χ2v) is 5.90. The molecule has 0 unspecified atom stereocenters. The maximum Gasteiger partial charge on any atom is 0.354 e. The molecule has 1 N–H and O–H groups in total. The molecule has 1 aromatic carbocycles. The van der Waals surface area contributed by atoms with Gasteiger partial charge in [0.1, 0.15) is 22.7 Å². The minimum Gasteiger partial charge on any atom is -0.483 e. The second kappa shape index (κ2) is 7.26. The molecule has 0 radical (unpaired) electrons. The number of nitrogens with zero attached hydrogens (tertiary/aromatic N) is 1. The van der Waals surface area contributed by atoms with E-state index in [1.54, 1.807) is 12.2 Å². The van der Waals surface area contributed by atoms with Gasteiger partial charge in [-0.25, -0.2) is 9.59 Å². The van der Waals surface area contributed by atoms with Crippen LogP contribution in [0.3, 0.4) is 0 Å². The third-order valence-electron chi connectivity index (χ3n) is 3.50. The molecule has 0 atom stereocenters. The zero-order chi connectivity index (χ0) is 19.5. The minimum atomic E-state index is -0.879. The summed E-state index contributed by atoms with van der Waals surface area (Å²) in [6.45, 7) is 3.64. The van der Waals surface area contributed by atoms with Crippen LogP contribution in [0.15, 0.2) is 30.0 Å². The number of esters is 2. The highest BCUT2D eigenvalue weighted by molar-refractivity contribution is 5.99. The van der Waals surface area contributed by atoms with Crippen LogP contribution in [0.25, 0.3) is 6.08 Å². The Morgan fingerprint density at radius 2 is 1.96 bits per heavy atom. The third kappa shape index (κ3) is 4.18. The predicted molar refractivity (Wildman–Crippen MR) is 92.6 cm³/mol. The van der Waals surface area contributed by atoms with Crippen LogP contribution in [-0.4, -0.2) is 36.7 Å². The first-order chi connectivity index (χ1) is 12.2.